The number of hydrogen-bond acceptors (Lipinski definition) is 3. The molecule has 0 radical (unpaired) electrons. The van der Waals surface area contributed by atoms with Crippen LogP contribution in [-0.4, -0.2) is 12.6 Å². The number of hydrogen-bond donors (Lipinski definition) is 0. The predicted octanol–water partition coefficient (Wildman–Crippen LogP) is 5.78. The fourth-order valence-corrected chi connectivity index (χ4v) is 4.46. The molecule has 0 aliphatic heterocycles. The van der Waals surface area contributed by atoms with Crippen molar-refractivity contribution in [2.24, 2.45) is 11.3 Å². The van der Waals surface area contributed by atoms with E-state index in [1.165, 1.54) is 16.0 Å². The van der Waals surface area contributed by atoms with Crippen molar-refractivity contribution < 1.29 is 9.53 Å². The van der Waals surface area contributed by atoms with E-state index in [1.54, 1.807) is 11.3 Å². The molecular weight excluding hydrogens is 352 g/mol. The van der Waals surface area contributed by atoms with Crippen molar-refractivity contribution in [3.05, 3.63) is 56.3 Å². The van der Waals surface area contributed by atoms with Gasteiger partial charge in [0.25, 0.3) is 0 Å². The second-order valence-corrected chi connectivity index (χ2v) is 9.76. The normalized spacial score (nSPS) is 15.0. The van der Waals surface area contributed by atoms with E-state index < -0.39 is 0 Å². The summed E-state index contributed by atoms with van der Waals surface area (Å²) in [5, 5.41) is 0. The molecule has 27 heavy (non-hydrogen) atoms. The van der Waals surface area contributed by atoms with Crippen molar-refractivity contribution in [3.63, 3.8) is 0 Å². The summed E-state index contributed by atoms with van der Waals surface area (Å²) < 4.78 is 5.59. The van der Waals surface area contributed by atoms with Gasteiger partial charge in [-0.15, -0.1) is 11.3 Å². The number of carbonyl (C=O) groups is 1. The van der Waals surface area contributed by atoms with Crippen LogP contribution in [0, 0.1) is 30.1 Å². The van der Waals surface area contributed by atoms with Gasteiger partial charge >= 0.3 is 5.97 Å². The maximum Gasteiger partial charge on any atom is 0.340 e. The molecule has 0 saturated heterocycles. The summed E-state index contributed by atoms with van der Waals surface area (Å²) in [7, 11) is 0. The van der Waals surface area contributed by atoms with Gasteiger partial charge in [-0.2, -0.15) is 0 Å². The van der Waals surface area contributed by atoms with Crippen molar-refractivity contribution in [3.8, 4) is 11.8 Å². The number of benzene rings is 1. The van der Waals surface area contributed by atoms with Crippen LogP contribution < -0.4 is 0 Å². The lowest BCUT2D eigenvalue weighted by molar-refractivity contribution is 0.0457. The van der Waals surface area contributed by atoms with Gasteiger partial charge in [0.05, 0.1) is 17.0 Å². The van der Waals surface area contributed by atoms with Gasteiger partial charge in [-0.3, -0.25) is 0 Å². The van der Waals surface area contributed by atoms with Crippen molar-refractivity contribution in [1.82, 2.24) is 0 Å². The van der Waals surface area contributed by atoms with Crippen LogP contribution >= 0.6 is 11.3 Å². The fraction of sp³-hybridized carbons (Fsp3) is 0.458. The molecule has 1 aliphatic carbocycles. The summed E-state index contributed by atoms with van der Waals surface area (Å²) in [6.07, 6.45) is 3.08. The van der Waals surface area contributed by atoms with Crippen molar-refractivity contribution >= 4 is 17.3 Å². The van der Waals surface area contributed by atoms with E-state index in [4.69, 9.17) is 4.74 Å². The third-order valence-corrected chi connectivity index (χ3v) is 6.11. The smallest absolute Gasteiger partial charge is 0.340 e. The SMILES string of the molecule is Cc1ccc(C#Cc2sc3c(c2C(=O)OCC(C)C)CC(C)(C)CC3)cc1. The van der Waals surface area contributed by atoms with Gasteiger partial charge in [-0.05, 0) is 61.1 Å². The lowest BCUT2D eigenvalue weighted by atomic mass is 9.76. The second kappa shape index (κ2) is 7.90. The molecule has 3 rings (SSSR count). The molecule has 0 saturated carbocycles. The van der Waals surface area contributed by atoms with Gasteiger partial charge in [-0.1, -0.05) is 51.3 Å². The molecule has 0 bridgehead atoms. The Kier molecular flexibility index (Phi) is 5.77. The van der Waals surface area contributed by atoms with Crippen molar-refractivity contribution in [1.29, 1.82) is 0 Å². The molecule has 2 nitrogen and oxygen atoms in total. The van der Waals surface area contributed by atoms with Crippen LogP contribution in [-0.2, 0) is 17.6 Å². The maximum atomic E-state index is 12.9. The molecule has 0 N–H and O–H groups in total. The molecule has 0 amide bonds. The first-order chi connectivity index (χ1) is 12.7. The second-order valence-electron chi connectivity index (χ2n) is 8.66. The minimum Gasteiger partial charge on any atom is -0.462 e. The largest absolute Gasteiger partial charge is 0.462 e. The van der Waals surface area contributed by atoms with E-state index in [1.807, 2.05) is 12.1 Å². The standard InChI is InChI=1S/C24H28O2S/c1-16(2)15-26-23(25)22-19-14-24(4,5)13-12-20(19)27-21(22)11-10-18-8-6-17(3)7-9-18/h6-9,16H,12-15H2,1-5H3. The number of esters is 1. The number of fused-ring (bicyclic) bond motifs is 1. The van der Waals surface area contributed by atoms with Crippen LogP contribution in [0.5, 0.6) is 0 Å². The number of rotatable bonds is 3. The topological polar surface area (TPSA) is 26.3 Å². The van der Waals surface area contributed by atoms with E-state index in [-0.39, 0.29) is 11.4 Å². The number of carbonyl (C=O) groups excluding carboxylic acids is 1. The molecule has 1 aromatic carbocycles. The first kappa shape index (κ1) is 19.7. The summed E-state index contributed by atoms with van der Waals surface area (Å²) in [5.74, 6) is 6.61. The Hall–Kier alpha value is -2.05. The highest BCUT2D eigenvalue weighted by atomic mass is 32.1. The third kappa shape index (κ3) is 4.82. The van der Waals surface area contributed by atoms with Crippen LogP contribution in [0.2, 0.25) is 0 Å². The van der Waals surface area contributed by atoms with E-state index in [0.717, 1.165) is 29.7 Å². The highest BCUT2D eigenvalue weighted by molar-refractivity contribution is 7.13. The number of thiophene rings is 1. The first-order valence-electron chi connectivity index (χ1n) is 9.65. The molecule has 0 spiro atoms. The highest BCUT2D eigenvalue weighted by Gasteiger charge is 2.33. The van der Waals surface area contributed by atoms with Crippen LogP contribution in [0.25, 0.3) is 0 Å². The van der Waals surface area contributed by atoms with Crippen LogP contribution in [0.1, 0.15) is 70.9 Å². The first-order valence-corrected chi connectivity index (χ1v) is 10.5. The molecule has 1 aliphatic rings. The maximum absolute atomic E-state index is 12.9. The summed E-state index contributed by atoms with van der Waals surface area (Å²) in [4.78, 5) is 15.0. The van der Waals surface area contributed by atoms with E-state index in [0.29, 0.717) is 18.1 Å². The summed E-state index contributed by atoms with van der Waals surface area (Å²) >= 11 is 1.67. The van der Waals surface area contributed by atoms with E-state index in [2.05, 4.69) is 58.6 Å². The van der Waals surface area contributed by atoms with Gasteiger partial charge in [-0.25, -0.2) is 4.79 Å². The zero-order valence-electron chi connectivity index (χ0n) is 16.9. The molecule has 1 heterocycles. The average Bonchev–Trinajstić information content (AvgIpc) is 2.95. The molecule has 3 heteroatoms. The molecule has 1 aromatic heterocycles. The summed E-state index contributed by atoms with van der Waals surface area (Å²) in [5.41, 5.74) is 4.27. The van der Waals surface area contributed by atoms with E-state index >= 15 is 0 Å². The summed E-state index contributed by atoms with van der Waals surface area (Å²) in [6.45, 7) is 11.2. The zero-order valence-corrected chi connectivity index (χ0v) is 17.8. The Balaban J connectivity index is 1.99. The van der Waals surface area contributed by atoms with Gasteiger partial charge < -0.3 is 4.74 Å². The predicted molar refractivity (Wildman–Crippen MR) is 112 cm³/mol. The Morgan fingerprint density at radius 3 is 2.59 bits per heavy atom. The lowest BCUT2D eigenvalue weighted by Crippen LogP contribution is -2.23. The van der Waals surface area contributed by atoms with Crippen LogP contribution in [0.4, 0.5) is 0 Å². The quantitative estimate of drug-likeness (QED) is 0.498. The zero-order chi connectivity index (χ0) is 19.6. The monoisotopic (exact) mass is 380 g/mol. The Bertz CT molecular complexity index is 889. The molecular formula is C24H28O2S. The van der Waals surface area contributed by atoms with Crippen molar-refractivity contribution in [2.45, 2.75) is 53.9 Å². The number of ether oxygens (including phenoxy) is 1. The van der Waals surface area contributed by atoms with Gasteiger partial charge in [0.15, 0.2) is 0 Å². The molecule has 0 fully saturated rings. The van der Waals surface area contributed by atoms with Crippen molar-refractivity contribution in [2.75, 3.05) is 6.61 Å². The fourth-order valence-electron chi connectivity index (χ4n) is 3.30. The van der Waals surface area contributed by atoms with Crippen LogP contribution in [0.15, 0.2) is 24.3 Å². The van der Waals surface area contributed by atoms with Gasteiger partial charge in [0.1, 0.15) is 0 Å². The highest BCUT2D eigenvalue weighted by Crippen LogP contribution is 2.41. The Labute approximate surface area is 167 Å². The van der Waals surface area contributed by atoms with Gasteiger partial charge in [0.2, 0.25) is 0 Å². The minimum atomic E-state index is -0.216. The molecule has 142 valence electrons. The third-order valence-electron chi connectivity index (χ3n) is 4.90. The minimum absolute atomic E-state index is 0.211. The molecule has 0 unspecified atom stereocenters. The average molecular weight is 381 g/mol. The Morgan fingerprint density at radius 2 is 1.93 bits per heavy atom. The van der Waals surface area contributed by atoms with E-state index in [9.17, 15) is 4.79 Å². The molecule has 2 aromatic rings. The molecule has 0 atom stereocenters. The van der Waals surface area contributed by atoms with Crippen LogP contribution in [0.3, 0.4) is 0 Å². The lowest BCUT2D eigenvalue weighted by Gasteiger charge is -2.29. The number of aryl methyl sites for hydroxylation is 2. The van der Waals surface area contributed by atoms with Gasteiger partial charge in [0, 0.05) is 10.4 Å². The Morgan fingerprint density at radius 1 is 1.22 bits per heavy atom. The summed E-state index contributed by atoms with van der Waals surface area (Å²) in [6, 6.07) is 8.17.